The molecule has 2 atom stereocenters. The van der Waals surface area contributed by atoms with Crippen LogP contribution >= 0.6 is 11.6 Å². The number of nitrogens with one attached hydrogen (secondary N) is 1. The van der Waals surface area contributed by atoms with Crippen LogP contribution in [-0.2, 0) is 4.79 Å². The largest absolute Gasteiger partial charge is 0.484 e. The standard InChI is InChI=1S/C11H13ClN2O2/c12-7-1-3-8(4-2-7)16-6-11(15)14-10-5-9(10)13/h1-4,9-10H,5-6,13H2,(H,14,15). The number of amides is 1. The number of hydrogen-bond acceptors (Lipinski definition) is 3. The molecule has 0 spiro atoms. The molecule has 0 heterocycles. The van der Waals surface area contributed by atoms with Gasteiger partial charge in [-0.15, -0.1) is 0 Å². The second-order valence-corrected chi connectivity index (χ2v) is 4.25. The molecular weight excluding hydrogens is 228 g/mol. The van der Waals surface area contributed by atoms with E-state index in [0.717, 1.165) is 6.42 Å². The summed E-state index contributed by atoms with van der Waals surface area (Å²) in [7, 11) is 0. The first-order chi connectivity index (χ1) is 7.65. The molecule has 1 aromatic rings. The summed E-state index contributed by atoms with van der Waals surface area (Å²) in [6, 6.07) is 7.11. The Bertz CT molecular complexity index is 380. The smallest absolute Gasteiger partial charge is 0.258 e. The van der Waals surface area contributed by atoms with Crippen molar-refractivity contribution in [3.05, 3.63) is 29.3 Å². The molecule has 16 heavy (non-hydrogen) atoms. The van der Waals surface area contributed by atoms with Gasteiger partial charge in [0.15, 0.2) is 6.61 Å². The van der Waals surface area contributed by atoms with Crippen LogP contribution in [0.25, 0.3) is 0 Å². The van der Waals surface area contributed by atoms with Crippen LogP contribution in [0.3, 0.4) is 0 Å². The molecule has 1 aliphatic rings. The van der Waals surface area contributed by atoms with Crippen molar-refractivity contribution < 1.29 is 9.53 Å². The Hall–Kier alpha value is -1.26. The van der Waals surface area contributed by atoms with Gasteiger partial charge in [0.25, 0.3) is 5.91 Å². The minimum absolute atomic E-state index is 0.00481. The SMILES string of the molecule is NC1CC1NC(=O)COc1ccc(Cl)cc1. The summed E-state index contributed by atoms with van der Waals surface area (Å²) in [6.07, 6.45) is 0.854. The Labute approximate surface area is 98.7 Å². The van der Waals surface area contributed by atoms with Crippen LogP contribution in [-0.4, -0.2) is 24.6 Å². The van der Waals surface area contributed by atoms with E-state index >= 15 is 0 Å². The molecule has 4 nitrogen and oxygen atoms in total. The average Bonchev–Trinajstić information content (AvgIpc) is 2.93. The predicted octanol–water partition coefficient (Wildman–Crippen LogP) is 0.935. The van der Waals surface area contributed by atoms with Gasteiger partial charge in [0.2, 0.25) is 0 Å². The van der Waals surface area contributed by atoms with E-state index in [-0.39, 0.29) is 24.6 Å². The van der Waals surface area contributed by atoms with Crippen LogP contribution in [0.15, 0.2) is 24.3 Å². The van der Waals surface area contributed by atoms with Gasteiger partial charge >= 0.3 is 0 Å². The minimum Gasteiger partial charge on any atom is -0.484 e. The first-order valence-corrected chi connectivity index (χ1v) is 5.46. The maximum absolute atomic E-state index is 11.4. The maximum Gasteiger partial charge on any atom is 0.258 e. The van der Waals surface area contributed by atoms with Gasteiger partial charge in [0, 0.05) is 17.1 Å². The molecule has 1 saturated carbocycles. The first-order valence-electron chi connectivity index (χ1n) is 5.08. The van der Waals surface area contributed by atoms with Crippen LogP contribution in [0.4, 0.5) is 0 Å². The third-order valence-electron chi connectivity index (χ3n) is 2.37. The zero-order valence-corrected chi connectivity index (χ0v) is 9.41. The minimum atomic E-state index is -0.145. The topological polar surface area (TPSA) is 64.3 Å². The molecule has 1 aromatic carbocycles. The van der Waals surface area contributed by atoms with Gasteiger partial charge in [-0.25, -0.2) is 0 Å². The third-order valence-corrected chi connectivity index (χ3v) is 2.62. The molecule has 2 rings (SSSR count). The van der Waals surface area contributed by atoms with Gasteiger partial charge in [-0.1, -0.05) is 11.6 Å². The lowest BCUT2D eigenvalue weighted by Crippen LogP contribution is -2.33. The number of benzene rings is 1. The zero-order valence-electron chi connectivity index (χ0n) is 8.65. The van der Waals surface area contributed by atoms with Crippen molar-refractivity contribution in [2.24, 2.45) is 5.73 Å². The van der Waals surface area contributed by atoms with E-state index in [9.17, 15) is 4.79 Å². The normalized spacial score (nSPS) is 22.6. The van der Waals surface area contributed by atoms with Crippen molar-refractivity contribution in [3.8, 4) is 5.75 Å². The van der Waals surface area contributed by atoms with E-state index in [1.165, 1.54) is 0 Å². The number of halogens is 1. The Kier molecular flexibility index (Phi) is 3.31. The Morgan fingerprint density at radius 2 is 2.12 bits per heavy atom. The van der Waals surface area contributed by atoms with Gasteiger partial charge in [-0.3, -0.25) is 4.79 Å². The summed E-state index contributed by atoms with van der Waals surface area (Å²) in [6.45, 7) is 0.00481. The molecule has 1 fully saturated rings. The van der Waals surface area contributed by atoms with Crippen molar-refractivity contribution in [1.29, 1.82) is 0 Å². The van der Waals surface area contributed by atoms with Crippen molar-refractivity contribution in [1.82, 2.24) is 5.32 Å². The molecule has 86 valence electrons. The molecule has 0 aliphatic heterocycles. The van der Waals surface area contributed by atoms with Crippen molar-refractivity contribution in [2.75, 3.05) is 6.61 Å². The molecule has 5 heteroatoms. The summed E-state index contributed by atoms with van der Waals surface area (Å²) in [5, 5.41) is 3.41. The third kappa shape index (κ3) is 3.12. The first kappa shape index (κ1) is 11.2. The van der Waals surface area contributed by atoms with Crippen LogP contribution < -0.4 is 15.8 Å². The van der Waals surface area contributed by atoms with Crippen LogP contribution in [0.5, 0.6) is 5.75 Å². The van der Waals surface area contributed by atoms with E-state index < -0.39 is 0 Å². The van der Waals surface area contributed by atoms with E-state index in [1.54, 1.807) is 24.3 Å². The fraction of sp³-hybridized carbons (Fsp3) is 0.364. The number of carbonyl (C=O) groups is 1. The highest BCUT2D eigenvalue weighted by Gasteiger charge is 2.34. The molecule has 1 aliphatic carbocycles. The van der Waals surface area contributed by atoms with Gasteiger partial charge in [0.05, 0.1) is 0 Å². The maximum atomic E-state index is 11.4. The van der Waals surface area contributed by atoms with Crippen LogP contribution in [0.2, 0.25) is 5.02 Å². The van der Waals surface area contributed by atoms with Crippen LogP contribution in [0, 0.1) is 0 Å². The fourth-order valence-electron chi connectivity index (χ4n) is 1.31. The highest BCUT2D eigenvalue weighted by Crippen LogP contribution is 2.18. The van der Waals surface area contributed by atoms with Crippen molar-refractivity contribution in [2.45, 2.75) is 18.5 Å². The quantitative estimate of drug-likeness (QED) is 0.823. The summed E-state index contributed by atoms with van der Waals surface area (Å²) in [5.74, 6) is 0.479. The van der Waals surface area contributed by atoms with Gasteiger partial charge in [0.1, 0.15) is 5.75 Å². The Morgan fingerprint density at radius 3 is 2.69 bits per heavy atom. The highest BCUT2D eigenvalue weighted by atomic mass is 35.5. The van der Waals surface area contributed by atoms with E-state index in [2.05, 4.69) is 5.32 Å². The van der Waals surface area contributed by atoms with E-state index in [1.807, 2.05) is 0 Å². The monoisotopic (exact) mass is 240 g/mol. The molecular formula is C11H13ClN2O2. The van der Waals surface area contributed by atoms with Crippen molar-refractivity contribution >= 4 is 17.5 Å². The van der Waals surface area contributed by atoms with E-state index in [0.29, 0.717) is 10.8 Å². The van der Waals surface area contributed by atoms with Gasteiger partial charge < -0.3 is 15.8 Å². The lowest BCUT2D eigenvalue weighted by molar-refractivity contribution is -0.123. The average molecular weight is 241 g/mol. The Morgan fingerprint density at radius 1 is 1.50 bits per heavy atom. The fourth-order valence-corrected chi connectivity index (χ4v) is 1.43. The summed E-state index contributed by atoms with van der Waals surface area (Å²) >= 11 is 5.72. The van der Waals surface area contributed by atoms with Gasteiger partial charge in [-0.05, 0) is 30.7 Å². The summed E-state index contributed by atoms with van der Waals surface area (Å²) in [5.41, 5.74) is 5.57. The molecule has 1 amide bonds. The molecule has 3 N–H and O–H groups in total. The lowest BCUT2D eigenvalue weighted by Gasteiger charge is -2.06. The molecule has 0 bridgehead atoms. The number of nitrogens with two attached hydrogens (primary N) is 1. The van der Waals surface area contributed by atoms with Crippen molar-refractivity contribution in [3.63, 3.8) is 0 Å². The number of hydrogen-bond donors (Lipinski definition) is 2. The van der Waals surface area contributed by atoms with Gasteiger partial charge in [-0.2, -0.15) is 0 Å². The lowest BCUT2D eigenvalue weighted by atomic mass is 10.3. The molecule has 0 saturated heterocycles. The number of ether oxygens (including phenoxy) is 1. The van der Waals surface area contributed by atoms with E-state index in [4.69, 9.17) is 22.1 Å². The molecule has 0 radical (unpaired) electrons. The van der Waals surface area contributed by atoms with Crippen LogP contribution in [0.1, 0.15) is 6.42 Å². The summed E-state index contributed by atoms with van der Waals surface area (Å²) in [4.78, 5) is 11.4. The molecule has 2 unspecified atom stereocenters. The predicted molar refractivity (Wildman–Crippen MR) is 61.5 cm³/mol. The number of rotatable bonds is 4. The second-order valence-electron chi connectivity index (χ2n) is 3.82. The summed E-state index contributed by atoms with van der Waals surface area (Å²) < 4.78 is 5.28. The number of carbonyl (C=O) groups excluding carboxylic acids is 1. The molecule has 0 aromatic heterocycles. The Balaban J connectivity index is 1.74. The highest BCUT2D eigenvalue weighted by molar-refractivity contribution is 6.30. The zero-order chi connectivity index (χ0) is 11.5. The second kappa shape index (κ2) is 4.72.